The van der Waals surface area contributed by atoms with E-state index in [9.17, 15) is 5.11 Å². The maximum Gasteiger partial charge on any atom is 0.115 e. The summed E-state index contributed by atoms with van der Waals surface area (Å²) in [6.07, 6.45) is 0. The third kappa shape index (κ3) is 2.49. The maximum absolute atomic E-state index is 9.19. The van der Waals surface area contributed by atoms with E-state index in [1.54, 1.807) is 12.1 Å². The third-order valence-corrected chi connectivity index (χ3v) is 3.00. The summed E-state index contributed by atoms with van der Waals surface area (Å²) in [5.74, 6) is 0.340. The van der Waals surface area contributed by atoms with Crippen LogP contribution in [0.4, 0.5) is 0 Å². The molecule has 2 rings (SSSR count). The van der Waals surface area contributed by atoms with Crippen LogP contribution < -0.4 is 5.32 Å². The van der Waals surface area contributed by atoms with Crippen LogP contribution in [-0.4, -0.2) is 35.7 Å². The fourth-order valence-corrected chi connectivity index (χ4v) is 1.87. The molecule has 2 N–H and O–H groups in total. The molecule has 0 aromatic heterocycles. The summed E-state index contributed by atoms with van der Waals surface area (Å²) in [5.41, 5.74) is 1.27. The summed E-state index contributed by atoms with van der Waals surface area (Å²) in [4.78, 5) is 2.46. The Kier molecular flexibility index (Phi) is 3.23. The number of nitrogens with one attached hydrogen (secondary N) is 1. The van der Waals surface area contributed by atoms with Crippen molar-refractivity contribution in [1.82, 2.24) is 10.2 Å². The van der Waals surface area contributed by atoms with Gasteiger partial charge in [0.2, 0.25) is 0 Å². The van der Waals surface area contributed by atoms with Crippen molar-refractivity contribution >= 4 is 0 Å². The first-order chi connectivity index (χ1) is 7.29. The van der Waals surface area contributed by atoms with Gasteiger partial charge in [0.15, 0.2) is 0 Å². The molecular weight excluding hydrogens is 188 g/mol. The maximum atomic E-state index is 9.19. The lowest BCUT2D eigenvalue weighted by atomic mass is 10.1. The summed E-state index contributed by atoms with van der Waals surface area (Å²) >= 11 is 0. The number of nitrogens with zero attached hydrogens (tertiary/aromatic N) is 1. The number of aromatic hydroxyl groups is 1. The van der Waals surface area contributed by atoms with Crippen molar-refractivity contribution in [3.63, 3.8) is 0 Å². The van der Waals surface area contributed by atoms with Crippen LogP contribution in [0.1, 0.15) is 12.5 Å². The van der Waals surface area contributed by atoms with Gasteiger partial charge in [-0.15, -0.1) is 0 Å². The van der Waals surface area contributed by atoms with Gasteiger partial charge in [0.05, 0.1) is 0 Å². The second kappa shape index (κ2) is 4.64. The highest BCUT2D eigenvalue weighted by Crippen LogP contribution is 2.14. The van der Waals surface area contributed by atoms with Gasteiger partial charge in [-0.2, -0.15) is 0 Å². The molecular formula is C12H18N2O. The van der Waals surface area contributed by atoms with Crippen LogP contribution in [0.3, 0.4) is 0 Å². The van der Waals surface area contributed by atoms with Gasteiger partial charge in [-0.1, -0.05) is 19.1 Å². The average Bonchev–Trinajstić information content (AvgIpc) is 2.17. The lowest BCUT2D eigenvalue weighted by molar-refractivity contribution is 0.145. The first kappa shape index (κ1) is 10.5. The number of hydrogen-bond donors (Lipinski definition) is 2. The van der Waals surface area contributed by atoms with E-state index in [4.69, 9.17) is 0 Å². The zero-order valence-corrected chi connectivity index (χ0v) is 9.11. The fraction of sp³-hybridized carbons (Fsp3) is 0.500. The van der Waals surface area contributed by atoms with E-state index in [2.05, 4.69) is 17.1 Å². The molecule has 3 nitrogen and oxygen atoms in total. The predicted octanol–water partition coefficient (Wildman–Crippen LogP) is 1.19. The quantitative estimate of drug-likeness (QED) is 0.776. The molecule has 0 aliphatic carbocycles. The van der Waals surface area contributed by atoms with E-state index in [-0.39, 0.29) is 0 Å². The van der Waals surface area contributed by atoms with Gasteiger partial charge in [0.1, 0.15) is 5.75 Å². The van der Waals surface area contributed by atoms with Crippen molar-refractivity contribution in [2.45, 2.75) is 19.5 Å². The lowest BCUT2D eigenvalue weighted by Gasteiger charge is -2.37. The van der Waals surface area contributed by atoms with Crippen LogP contribution >= 0.6 is 0 Å². The standard InChI is InChI=1S/C12H18N2O/c1-2-14(11-7-13-8-11)9-10-3-5-12(15)6-4-10/h3-6,11,13,15H,2,7-9H2,1H3. The Labute approximate surface area is 90.7 Å². The van der Waals surface area contributed by atoms with E-state index < -0.39 is 0 Å². The molecule has 0 amide bonds. The van der Waals surface area contributed by atoms with Crippen molar-refractivity contribution in [1.29, 1.82) is 0 Å². The lowest BCUT2D eigenvalue weighted by Crippen LogP contribution is -2.56. The Morgan fingerprint density at radius 1 is 1.33 bits per heavy atom. The van der Waals surface area contributed by atoms with Crippen molar-refractivity contribution in [3.05, 3.63) is 29.8 Å². The monoisotopic (exact) mass is 206 g/mol. The van der Waals surface area contributed by atoms with Gasteiger partial charge < -0.3 is 10.4 Å². The van der Waals surface area contributed by atoms with Crippen LogP contribution in [0.2, 0.25) is 0 Å². The van der Waals surface area contributed by atoms with Crippen LogP contribution in [0.25, 0.3) is 0 Å². The normalized spacial score (nSPS) is 16.7. The fourth-order valence-electron chi connectivity index (χ4n) is 1.87. The van der Waals surface area contributed by atoms with Crippen LogP contribution in [0.5, 0.6) is 5.75 Å². The number of phenols is 1. The topological polar surface area (TPSA) is 35.5 Å². The van der Waals surface area contributed by atoms with Gasteiger partial charge in [0.25, 0.3) is 0 Å². The number of phenolic OH excluding ortho intramolecular Hbond substituents is 1. The largest absolute Gasteiger partial charge is 0.508 e. The minimum Gasteiger partial charge on any atom is -0.508 e. The molecule has 1 fully saturated rings. The Morgan fingerprint density at radius 3 is 2.47 bits per heavy atom. The summed E-state index contributed by atoms with van der Waals surface area (Å²) in [6.45, 7) is 6.45. The van der Waals surface area contributed by atoms with Crippen LogP contribution in [-0.2, 0) is 6.54 Å². The molecule has 1 heterocycles. The van der Waals surface area contributed by atoms with E-state index >= 15 is 0 Å². The van der Waals surface area contributed by atoms with E-state index in [0.29, 0.717) is 11.8 Å². The molecule has 3 heteroatoms. The molecule has 0 unspecified atom stereocenters. The number of rotatable bonds is 4. The van der Waals surface area contributed by atoms with Gasteiger partial charge >= 0.3 is 0 Å². The number of benzene rings is 1. The Bertz CT molecular complexity index is 306. The highest BCUT2D eigenvalue weighted by Gasteiger charge is 2.22. The van der Waals surface area contributed by atoms with Gasteiger partial charge in [-0.25, -0.2) is 0 Å². The summed E-state index contributed by atoms with van der Waals surface area (Å²) in [7, 11) is 0. The predicted molar refractivity (Wildman–Crippen MR) is 60.8 cm³/mol. The molecule has 0 atom stereocenters. The Hall–Kier alpha value is -1.06. The molecule has 1 aromatic rings. The molecule has 1 saturated heterocycles. The van der Waals surface area contributed by atoms with Gasteiger partial charge in [-0.05, 0) is 24.2 Å². The summed E-state index contributed by atoms with van der Waals surface area (Å²) in [5, 5.41) is 12.5. The SMILES string of the molecule is CCN(Cc1ccc(O)cc1)C1CNC1. The summed E-state index contributed by atoms with van der Waals surface area (Å²) < 4.78 is 0. The molecule has 15 heavy (non-hydrogen) atoms. The molecule has 0 radical (unpaired) electrons. The second-order valence-corrected chi connectivity index (χ2v) is 4.04. The van der Waals surface area contributed by atoms with E-state index in [1.807, 2.05) is 12.1 Å². The Balaban J connectivity index is 1.96. The van der Waals surface area contributed by atoms with Crippen molar-refractivity contribution in [2.24, 2.45) is 0 Å². The third-order valence-electron chi connectivity index (χ3n) is 3.00. The van der Waals surface area contributed by atoms with Crippen molar-refractivity contribution in [2.75, 3.05) is 19.6 Å². The van der Waals surface area contributed by atoms with Gasteiger partial charge in [-0.3, -0.25) is 4.90 Å². The van der Waals surface area contributed by atoms with Crippen LogP contribution in [0, 0.1) is 0 Å². The Morgan fingerprint density at radius 2 is 2.00 bits per heavy atom. The average molecular weight is 206 g/mol. The number of hydrogen-bond acceptors (Lipinski definition) is 3. The molecule has 1 aliphatic rings. The highest BCUT2D eigenvalue weighted by atomic mass is 16.3. The zero-order chi connectivity index (χ0) is 10.7. The molecule has 0 spiro atoms. The molecule has 0 saturated carbocycles. The molecule has 82 valence electrons. The molecule has 1 aliphatic heterocycles. The van der Waals surface area contributed by atoms with Gasteiger partial charge in [0, 0.05) is 25.7 Å². The molecule has 1 aromatic carbocycles. The second-order valence-electron chi connectivity index (χ2n) is 4.04. The molecule has 0 bridgehead atoms. The van der Waals surface area contributed by atoms with Crippen LogP contribution in [0.15, 0.2) is 24.3 Å². The highest BCUT2D eigenvalue weighted by molar-refractivity contribution is 5.25. The first-order valence-electron chi connectivity index (χ1n) is 5.52. The van der Waals surface area contributed by atoms with Crippen molar-refractivity contribution < 1.29 is 5.11 Å². The smallest absolute Gasteiger partial charge is 0.115 e. The van der Waals surface area contributed by atoms with E-state index in [0.717, 1.165) is 26.2 Å². The van der Waals surface area contributed by atoms with E-state index in [1.165, 1.54) is 5.56 Å². The minimum absolute atomic E-state index is 0.340. The zero-order valence-electron chi connectivity index (χ0n) is 9.11. The first-order valence-corrected chi connectivity index (χ1v) is 5.52. The van der Waals surface area contributed by atoms with Crippen molar-refractivity contribution in [3.8, 4) is 5.75 Å². The minimum atomic E-state index is 0.340. The summed E-state index contributed by atoms with van der Waals surface area (Å²) in [6, 6.07) is 8.17. The number of likely N-dealkylation sites (N-methyl/N-ethyl adjacent to an activating group) is 1.